The van der Waals surface area contributed by atoms with Crippen molar-refractivity contribution >= 4 is 33.4 Å². The van der Waals surface area contributed by atoms with Crippen LogP contribution in [-0.4, -0.2) is 26.2 Å². The van der Waals surface area contributed by atoms with Crippen molar-refractivity contribution in [3.8, 4) is 0 Å². The standard InChI is InChI=1S/C15H20O2.C12H15BrO2/c1-10(2)12-9-11(14(16)17-6)7-8-13(12)15(3,4)5;1-12(2,3)9-6-5-8(7-10(9)13)11(14)15-4/h7-9H,1H2,2-6H3;5-7H,1-4H3. The Kier molecular flexibility index (Phi) is 9.46. The maximum atomic E-state index is 11.5. The van der Waals surface area contributed by atoms with Crippen LogP contribution in [0.2, 0.25) is 0 Å². The van der Waals surface area contributed by atoms with E-state index in [1.807, 2.05) is 25.1 Å². The largest absolute Gasteiger partial charge is 0.465 e. The molecule has 0 aliphatic rings. The van der Waals surface area contributed by atoms with Crippen molar-refractivity contribution < 1.29 is 19.1 Å². The third kappa shape index (κ3) is 7.33. The molecule has 0 aliphatic heterocycles. The number of hydrogen-bond acceptors (Lipinski definition) is 4. The smallest absolute Gasteiger partial charge is 0.337 e. The highest BCUT2D eigenvalue weighted by Crippen LogP contribution is 2.31. The van der Waals surface area contributed by atoms with Crippen LogP contribution in [-0.2, 0) is 20.3 Å². The van der Waals surface area contributed by atoms with Gasteiger partial charge in [0.05, 0.1) is 25.3 Å². The molecule has 0 fully saturated rings. The van der Waals surface area contributed by atoms with Crippen molar-refractivity contribution in [3.63, 3.8) is 0 Å². The van der Waals surface area contributed by atoms with E-state index in [4.69, 9.17) is 4.74 Å². The van der Waals surface area contributed by atoms with Gasteiger partial charge < -0.3 is 9.47 Å². The second-order valence-corrected chi connectivity index (χ2v) is 10.6. The third-order valence-corrected chi connectivity index (χ3v) is 5.56. The van der Waals surface area contributed by atoms with Gasteiger partial charge in [-0.05, 0) is 58.7 Å². The molecule has 0 amide bonds. The zero-order valence-electron chi connectivity index (χ0n) is 20.7. The molecule has 5 heteroatoms. The Morgan fingerprint density at radius 2 is 1.19 bits per heavy atom. The van der Waals surface area contributed by atoms with E-state index in [1.165, 1.54) is 25.3 Å². The van der Waals surface area contributed by atoms with Crippen molar-refractivity contribution in [2.75, 3.05) is 14.2 Å². The van der Waals surface area contributed by atoms with Crippen molar-refractivity contribution in [1.29, 1.82) is 0 Å². The highest BCUT2D eigenvalue weighted by atomic mass is 79.9. The Labute approximate surface area is 201 Å². The third-order valence-electron chi connectivity index (χ3n) is 4.91. The number of benzene rings is 2. The maximum absolute atomic E-state index is 11.5. The van der Waals surface area contributed by atoms with E-state index in [9.17, 15) is 9.59 Å². The fourth-order valence-corrected chi connectivity index (χ4v) is 4.14. The number of carbonyl (C=O) groups is 2. The molecule has 0 spiro atoms. The fraction of sp³-hybridized carbons (Fsp3) is 0.407. The first-order valence-corrected chi connectivity index (χ1v) is 11.2. The van der Waals surface area contributed by atoms with Crippen LogP contribution in [0.25, 0.3) is 5.57 Å². The van der Waals surface area contributed by atoms with Gasteiger partial charge in [0.25, 0.3) is 0 Å². The molecule has 32 heavy (non-hydrogen) atoms. The summed E-state index contributed by atoms with van der Waals surface area (Å²) >= 11 is 3.47. The lowest BCUT2D eigenvalue weighted by Gasteiger charge is -2.23. The molecular formula is C27H35BrO4. The Balaban J connectivity index is 0.000000323. The normalized spacial score (nSPS) is 11.2. The van der Waals surface area contributed by atoms with Crippen LogP contribution in [0, 0.1) is 0 Å². The number of methoxy groups -OCH3 is 2. The van der Waals surface area contributed by atoms with E-state index in [0.29, 0.717) is 11.1 Å². The van der Waals surface area contributed by atoms with Crippen LogP contribution in [0.5, 0.6) is 0 Å². The average Bonchev–Trinajstić information content (AvgIpc) is 2.70. The minimum absolute atomic E-state index is 0.0307. The fourth-order valence-electron chi connectivity index (χ4n) is 3.16. The number of carbonyl (C=O) groups excluding carboxylic acids is 2. The van der Waals surface area contributed by atoms with E-state index in [-0.39, 0.29) is 22.8 Å². The van der Waals surface area contributed by atoms with E-state index in [1.54, 1.807) is 18.2 Å². The molecule has 0 unspecified atom stereocenters. The minimum Gasteiger partial charge on any atom is -0.465 e. The summed E-state index contributed by atoms with van der Waals surface area (Å²) < 4.78 is 10.3. The molecule has 0 aromatic heterocycles. The second kappa shape index (κ2) is 11.0. The molecule has 174 valence electrons. The molecule has 4 nitrogen and oxygen atoms in total. The van der Waals surface area contributed by atoms with E-state index in [0.717, 1.165) is 15.6 Å². The summed E-state index contributed by atoms with van der Waals surface area (Å²) in [6, 6.07) is 11.2. The van der Waals surface area contributed by atoms with Crippen LogP contribution in [0.15, 0.2) is 47.4 Å². The minimum atomic E-state index is -0.312. The summed E-state index contributed by atoms with van der Waals surface area (Å²) in [7, 11) is 2.77. The molecule has 2 rings (SSSR count). The Hall–Kier alpha value is -2.40. The van der Waals surface area contributed by atoms with Gasteiger partial charge in [0.15, 0.2) is 0 Å². The predicted octanol–water partition coefficient (Wildman–Crippen LogP) is 7.34. The summed E-state index contributed by atoms with van der Waals surface area (Å²) in [6.45, 7) is 18.7. The molecule has 0 radical (unpaired) electrons. The van der Waals surface area contributed by atoms with E-state index < -0.39 is 0 Å². The average molecular weight is 503 g/mol. The molecule has 0 bridgehead atoms. The van der Waals surface area contributed by atoms with Crippen LogP contribution >= 0.6 is 15.9 Å². The molecule has 0 heterocycles. The van der Waals surface area contributed by atoms with Crippen molar-refractivity contribution in [2.24, 2.45) is 0 Å². The number of halogens is 1. The molecule has 0 saturated carbocycles. The van der Waals surface area contributed by atoms with Gasteiger partial charge >= 0.3 is 11.9 Å². The molecule has 0 N–H and O–H groups in total. The van der Waals surface area contributed by atoms with Gasteiger partial charge in [-0.3, -0.25) is 0 Å². The maximum Gasteiger partial charge on any atom is 0.337 e. The summed E-state index contributed by atoms with van der Waals surface area (Å²) in [5, 5.41) is 0. The predicted molar refractivity (Wildman–Crippen MR) is 135 cm³/mol. The first kappa shape index (κ1) is 27.6. The molecule has 2 aromatic carbocycles. The highest BCUT2D eigenvalue weighted by molar-refractivity contribution is 9.10. The SMILES string of the molecule is C=C(C)c1cc(C(=O)OC)ccc1C(C)(C)C.COC(=O)c1ccc(C(C)(C)C)c(Br)c1. The lowest BCUT2D eigenvalue weighted by molar-refractivity contribution is 0.0591. The van der Waals surface area contributed by atoms with Crippen LogP contribution < -0.4 is 0 Å². The molecular weight excluding hydrogens is 468 g/mol. The molecule has 2 aromatic rings. The zero-order valence-corrected chi connectivity index (χ0v) is 22.3. The number of allylic oxidation sites excluding steroid dienone is 1. The van der Waals surface area contributed by atoms with Gasteiger partial charge in [0, 0.05) is 4.47 Å². The highest BCUT2D eigenvalue weighted by Gasteiger charge is 2.20. The van der Waals surface area contributed by atoms with Gasteiger partial charge in [-0.15, -0.1) is 0 Å². The summed E-state index contributed by atoms with van der Waals surface area (Å²) in [5.74, 6) is -0.621. The van der Waals surface area contributed by atoms with Crippen molar-refractivity contribution in [3.05, 3.63) is 75.3 Å². The lowest BCUT2D eigenvalue weighted by atomic mass is 9.81. The molecule has 0 aliphatic carbocycles. The first-order chi connectivity index (χ1) is 14.6. The van der Waals surface area contributed by atoms with Crippen molar-refractivity contribution in [1.82, 2.24) is 0 Å². The van der Waals surface area contributed by atoms with Crippen LogP contribution in [0.3, 0.4) is 0 Å². The summed E-state index contributed by atoms with van der Waals surface area (Å²) in [6.07, 6.45) is 0. The Bertz CT molecular complexity index is 992. The summed E-state index contributed by atoms with van der Waals surface area (Å²) in [5.41, 5.74) is 5.58. The molecule has 0 saturated heterocycles. The quantitative estimate of drug-likeness (QED) is 0.412. The van der Waals surface area contributed by atoms with Gasteiger partial charge in [-0.25, -0.2) is 9.59 Å². The second-order valence-electron chi connectivity index (χ2n) is 9.72. The number of hydrogen-bond donors (Lipinski definition) is 0. The molecule has 0 atom stereocenters. The van der Waals surface area contributed by atoms with Crippen LogP contribution in [0.4, 0.5) is 0 Å². The Morgan fingerprint density at radius 3 is 1.53 bits per heavy atom. The van der Waals surface area contributed by atoms with Gasteiger partial charge in [0.2, 0.25) is 0 Å². The topological polar surface area (TPSA) is 52.6 Å². The van der Waals surface area contributed by atoms with E-state index >= 15 is 0 Å². The van der Waals surface area contributed by atoms with Gasteiger partial charge in [-0.2, -0.15) is 0 Å². The van der Waals surface area contributed by atoms with Gasteiger partial charge in [-0.1, -0.05) is 81.8 Å². The first-order valence-electron chi connectivity index (χ1n) is 10.4. The number of esters is 2. The Morgan fingerprint density at radius 1 is 0.781 bits per heavy atom. The van der Waals surface area contributed by atoms with Crippen molar-refractivity contribution in [2.45, 2.75) is 59.3 Å². The number of ether oxygens (including phenoxy) is 2. The van der Waals surface area contributed by atoms with E-state index in [2.05, 4.69) is 68.8 Å². The monoisotopic (exact) mass is 502 g/mol. The van der Waals surface area contributed by atoms with Gasteiger partial charge in [0.1, 0.15) is 0 Å². The van der Waals surface area contributed by atoms with Crippen LogP contribution in [0.1, 0.15) is 85.9 Å². The zero-order chi connectivity index (χ0) is 24.9. The number of rotatable bonds is 3. The summed E-state index contributed by atoms with van der Waals surface area (Å²) in [4.78, 5) is 22.8. The lowest BCUT2D eigenvalue weighted by Crippen LogP contribution is -2.14.